The Morgan fingerprint density at radius 1 is 0.413 bits per heavy atom. The molecule has 0 aliphatic heterocycles. The van der Waals surface area contributed by atoms with Crippen LogP contribution in [0.15, 0.2) is 20.0 Å². The van der Waals surface area contributed by atoms with E-state index in [4.69, 9.17) is 63.1 Å². The fourth-order valence-corrected chi connectivity index (χ4v) is 5.64. The van der Waals surface area contributed by atoms with Crippen LogP contribution in [-0.2, 0) is 33.6 Å². The summed E-state index contributed by atoms with van der Waals surface area (Å²) in [5, 5.41) is 22.4. The van der Waals surface area contributed by atoms with Gasteiger partial charge in [0.05, 0.1) is 6.04 Å². The predicted molar refractivity (Wildman–Crippen MR) is 236 cm³/mol. The van der Waals surface area contributed by atoms with Crippen molar-refractivity contribution in [1.29, 1.82) is 0 Å². The highest BCUT2D eigenvalue weighted by Crippen LogP contribution is 2.09. The second-order valence-electron chi connectivity index (χ2n) is 14.3. The largest absolute Gasteiger partial charge is 0.480 e. The molecule has 0 aliphatic rings. The Kier molecular flexibility index (Phi) is 28.6. The molecule has 0 saturated heterocycles. The third-order valence-electron chi connectivity index (χ3n) is 8.91. The summed E-state index contributed by atoms with van der Waals surface area (Å²) in [6, 6.07) is -7.89. The second-order valence-corrected chi connectivity index (χ2v) is 14.3. The van der Waals surface area contributed by atoms with Gasteiger partial charge in [0, 0.05) is 32.6 Å². The standard InChI is InChI=1S/C35H70N20O8/c36-14-2-1-8-20(51-26(57)19(37)7-3-15-47-32(39)40)27(58)52-21(9-4-16-48-33(41)42)28(59)53-22(10-5-17-49-34(43)44)29(60)54-23(12-13-25(38)56)30(61)55-24(31(62)63)11-6-18-50-35(45)46/h19-24H,1-18,36-37H2,(H2,38,56)(H,51,57)(H,52,58)(H,53,59)(H,54,60)(H,55,61)(H,62,63)(H4,39,40,47)(H4,41,42,48)(H4,43,44,49)(H4,45,46,50)/t19-,20-,21-,22-,23-,24-/m0/s1. The molecule has 0 fully saturated rings. The number of nitrogens with zero attached hydrogens (tertiary/aromatic N) is 4. The van der Waals surface area contributed by atoms with E-state index in [9.17, 15) is 38.7 Å². The smallest absolute Gasteiger partial charge is 0.326 e. The average Bonchev–Trinajstić information content (AvgIpc) is 3.19. The van der Waals surface area contributed by atoms with Gasteiger partial charge < -0.3 is 94.8 Å². The summed E-state index contributed by atoms with van der Waals surface area (Å²) in [5.74, 6) is -7.15. The molecule has 0 rings (SSSR count). The molecule has 28 nitrogen and oxygen atoms in total. The number of aliphatic carboxylic acids is 1. The number of carboxylic acids is 1. The van der Waals surface area contributed by atoms with Crippen molar-refractivity contribution < 1.29 is 38.7 Å². The van der Waals surface area contributed by atoms with Crippen LogP contribution in [0.5, 0.6) is 0 Å². The molecule has 0 heterocycles. The van der Waals surface area contributed by atoms with Gasteiger partial charge in [0.15, 0.2) is 23.8 Å². The molecule has 63 heavy (non-hydrogen) atoms. The fourth-order valence-electron chi connectivity index (χ4n) is 5.64. The highest BCUT2D eigenvalue weighted by Gasteiger charge is 2.33. The summed E-state index contributed by atoms with van der Waals surface area (Å²) >= 11 is 0. The van der Waals surface area contributed by atoms with Crippen LogP contribution in [0, 0.1) is 0 Å². The lowest BCUT2D eigenvalue weighted by atomic mass is 10.0. The molecule has 0 saturated carbocycles. The van der Waals surface area contributed by atoms with E-state index in [2.05, 4.69) is 46.6 Å². The van der Waals surface area contributed by atoms with E-state index < -0.39 is 84.1 Å². The van der Waals surface area contributed by atoms with Crippen molar-refractivity contribution in [3.63, 3.8) is 0 Å². The molecular weight excluding hydrogens is 829 g/mol. The van der Waals surface area contributed by atoms with Crippen molar-refractivity contribution in [3.8, 4) is 0 Å². The number of primary amides is 1. The van der Waals surface area contributed by atoms with E-state index in [1.165, 1.54) is 0 Å². The molecule has 0 aromatic heterocycles. The Hall–Kier alpha value is -6.71. The van der Waals surface area contributed by atoms with Gasteiger partial charge in [-0.1, -0.05) is 0 Å². The molecule has 0 aromatic carbocycles. The van der Waals surface area contributed by atoms with Crippen LogP contribution >= 0.6 is 0 Å². The molecule has 28 heteroatoms. The van der Waals surface area contributed by atoms with E-state index in [1.54, 1.807) is 0 Å². The number of hydrogen-bond acceptors (Lipinski definition) is 13. The maximum absolute atomic E-state index is 14.1. The predicted octanol–water partition coefficient (Wildman–Crippen LogP) is -7.57. The molecule has 0 bridgehead atoms. The van der Waals surface area contributed by atoms with E-state index in [0.29, 0.717) is 25.8 Å². The summed E-state index contributed by atoms with van der Waals surface area (Å²) in [6.07, 6.45) is 1.05. The first kappa shape index (κ1) is 56.3. The van der Waals surface area contributed by atoms with Gasteiger partial charge in [0.25, 0.3) is 0 Å². The van der Waals surface area contributed by atoms with E-state index >= 15 is 0 Å². The topological polar surface area (TPSA) is 536 Å². The normalized spacial score (nSPS) is 13.5. The summed E-state index contributed by atoms with van der Waals surface area (Å²) in [6.45, 7) is 0.677. The van der Waals surface area contributed by atoms with Gasteiger partial charge in [-0.25, -0.2) is 4.79 Å². The number of carbonyl (C=O) groups excluding carboxylic acids is 6. The number of nitrogens with two attached hydrogens (primary N) is 11. The molecule has 6 amide bonds. The SMILES string of the molecule is NCCCC[C@H](NC(=O)[C@@H](N)CCCN=C(N)N)C(=O)N[C@@H](CCCN=C(N)N)C(=O)N[C@@H](CCCN=C(N)N)C(=O)N[C@@H](CCC(N)=O)C(=O)N[C@@H](CCCN=C(N)N)C(=O)O. The fraction of sp³-hybridized carbons (Fsp3) is 0.686. The number of carboxylic acid groups (broad SMARTS) is 1. The Bertz CT molecular complexity index is 1590. The third kappa shape index (κ3) is 27.7. The first-order valence-electron chi connectivity index (χ1n) is 20.4. The zero-order valence-corrected chi connectivity index (χ0v) is 35.6. The third-order valence-corrected chi connectivity index (χ3v) is 8.91. The van der Waals surface area contributed by atoms with Gasteiger partial charge in [0.2, 0.25) is 35.4 Å². The minimum Gasteiger partial charge on any atom is -0.480 e. The number of aliphatic imine (C=N–C) groups is 4. The van der Waals surface area contributed by atoms with Gasteiger partial charge in [0.1, 0.15) is 30.2 Å². The van der Waals surface area contributed by atoms with Crippen molar-refractivity contribution in [2.45, 2.75) is 120 Å². The maximum Gasteiger partial charge on any atom is 0.326 e. The van der Waals surface area contributed by atoms with Gasteiger partial charge >= 0.3 is 5.97 Å². The Labute approximate surface area is 365 Å². The van der Waals surface area contributed by atoms with Crippen molar-refractivity contribution in [2.24, 2.45) is 83.0 Å². The zero-order valence-electron chi connectivity index (χ0n) is 35.6. The highest BCUT2D eigenvalue weighted by molar-refractivity contribution is 5.96. The van der Waals surface area contributed by atoms with Gasteiger partial charge in [-0.15, -0.1) is 0 Å². The van der Waals surface area contributed by atoms with Crippen molar-refractivity contribution in [1.82, 2.24) is 26.6 Å². The molecule has 0 unspecified atom stereocenters. The maximum atomic E-state index is 14.1. The molecule has 0 aliphatic carbocycles. The van der Waals surface area contributed by atoms with Crippen molar-refractivity contribution in [2.75, 3.05) is 32.7 Å². The average molecular weight is 899 g/mol. The van der Waals surface area contributed by atoms with Crippen molar-refractivity contribution in [3.05, 3.63) is 0 Å². The zero-order chi connectivity index (χ0) is 47.9. The van der Waals surface area contributed by atoms with Crippen molar-refractivity contribution >= 4 is 65.3 Å². The van der Waals surface area contributed by atoms with E-state index in [1.807, 2.05) is 0 Å². The van der Waals surface area contributed by atoms with Crippen LogP contribution < -0.4 is 89.7 Å². The van der Waals surface area contributed by atoms with Gasteiger partial charge in [-0.2, -0.15) is 0 Å². The number of guanidine groups is 4. The van der Waals surface area contributed by atoms with Crippen LogP contribution in [0.2, 0.25) is 0 Å². The first-order valence-corrected chi connectivity index (χ1v) is 20.4. The van der Waals surface area contributed by atoms with Crippen LogP contribution in [0.1, 0.15) is 83.5 Å². The molecule has 0 spiro atoms. The molecule has 0 radical (unpaired) electrons. The Morgan fingerprint density at radius 3 is 1.05 bits per heavy atom. The number of carbonyl (C=O) groups is 7. The molecule has 28 N–H and O–H groups in total. The molecule has 6 atom stereocenters. The highest BCUT2D eigenvalue weighted by atomic mass is 16.4. The number of unbranched alkanes of at least 4 members (excludes halogenated alkanes) is 1. The molecule has 0 aromatic rings. The monoisotopic (exact) mass is 899 g/mol. The van der Waals surface area contributed by atoms with Crippen LogP contribution in [0.3, 0.4) is 0 Å². The summed E-state index contributed by atoms with van der Waals surface area (Å²) in [7, 11) is 0. The first-order chi connectivity index (χ1) is 29.7. The molecule has 358 valence electrons. The lowest BCUT2D eigenvalue weighted by Crippen LogP contribution is -2.59. The van der Waals surface area contributed by atoms with Gasteiger partial charge in [-0.3, -0.25) is 48.7 Å². The Morgan fingerprint density at radius 2 is 0.714 bits per heavy atom. The van der Waals surface area contributed by atoms with Gasteiger partial charge in [-0.05, 0) is 83.6 Å². The van der Waals surface area contributed by atoms with Crippen LogP contribution in [-0.4, -0.2) is 139 Å². The van der Waals surface area contributed by atoms with Crippen LogP contribution in [0.25, 0.3) is 0 Å². The number of hydrogen-bond donors (Lipinski definition) is 17. The minimum absolute atomic E-state index is 0.0208. The molecular formula is C35H70N20O8. The number of rotatable bonds is 34. The second kappa shape index (κ2) is 32.1. The van der Waals surface area contributed by atoms with E-state index in [0.717, 1.165) is 0 Å². The number of nitrogens with one attached hydrogen (secondary N) is 5. The Balaban J connectivity index is 6.59. The lowest BCUT2D eigenvalue weighted by Gasteiger charge is -2.27. The quantitative estimate of drug-likeness (QED) is 0.0162. The van der Waals surface area contributed by atoms with Crippen LogP contribution in [0.4, 0.5) is 0 Å². The van der Waals surface area contributed by atoms with E-state index in [-0.39, 0.29) is 108 Å². The minimum atomic E-state index is -1.51. The number of amides is 6. The lowest BCUT2D eigenvalue weighted by molar-refractivity contribution is -0.142. The summed E-state index contributed by atoms with van der Waals surface area (Å²) in [4.78, 5) is 108. The summed E-state index contributed by atoms with van der Waals surface area (Å²) in [5.41, 5.74) is 60.2. The summed E-state index contributed by atoms with van der Waals surface area (Å²) < 4.78 is 0.